The number of nitrogens with one attached hydrogen (secondary N) is 3. The lowest BCUT2D eigenvalue weighted by Gasteiger charge is -2.23. The van der Waals surface area contributed by atoms with Gasteiger partial charge in [0.15, 0.2) is 12.2 Å². The fourth-order valence-corrected chi connectivity index (χ4v) is 3.72. The van der Waals surface area contributed by atoms with Crippen molar-refractivity contribution in [2.45, 2.75) is 57.5 Å². The molecule has 1 fully saturated rings. The van der Waals surface area contributed by atoms with Crippen molar-refractivity contribution in [3.8, 4) is 5.75 Å². The second kappa shape index (κ2) is 12.2. The Morgan fingerprint density at radius 3 is 2.14 bits per heavy atom. The van der Waals surface area contributed by atoms with Crippen LogP contribution in [0.5, 0.6) is 5.75 Å². The molecule has 10 nitrogen and oxygen atoms in total. The number of epoxide rings is 1. The van der Waals surface area contributed by atoms with Crippen molar-refractivity contribution in [1.82, 2.24) is 16.0 Å². The average Bonchev–Trinajstić information content (AvgIpc) is 3.64. The third-order valence-electron chi connectivity index (χ3n) is 5.69. The first-order valence-electron chi connectivity index (χ1n) is 11.8. The number of phenolic OH excluding ortho intramolecular Hbond substituents is 1. The highest BCUT2D eigenvalue weighted by molar-refractivity contribution is 5.97. The number of rotatable bonds is 12. The monoisotopic (exact) mass is 496 g/mol. The van der Waals surface area contributed by atoms with Gasteiger partial charge in [-0.05, 0) is 35.6 Å². The smallest absolute Gasteiger partial charge is 0.253 e. The topological polar surface area (TPSA) is 163 Å². The highest BCUT2D eigenvalue weighted by atomic mass is 16.6. The SMILES string of the molecule is CC(C)C[C@H](NC(=O)C1O[C@H]1C(=O)NCc1ccccc1)C(=O)N[C@@H](Cc1ccc(O)cc1)C(N)=O. The summed E-state index contributed by atoms with van der Waals surface area (Å²) in [5.74, 6) is -2.16. The Kier molecular flexibility index (Phi) is 9.02. The molecule has 1 aliphatic heterocycles. The van der Waals surface area contributed by atoms with Gasteiger partial charge in [-0.1, -0.05) is 56.3 Å². The van der Waals surface area contributed by atoms with Gasteiger partial charge in [-0.15, -0.1) is 0 Å². The van der Waals surface area contributed by atoms with Crippen LogP contribution < -0.4 is 21.7 Å². The van der Waals surface area contributed by atoms with Crippen molar-refractivity contribution < 1.29 is 29.0 Å². The molecule has 0 saturated carbocycles. The predicted octanol–water partition coefficient (Wildman–Crippen LogP) is 0.520. The molecular formula is C26H32N4O6. The summed E-state index contributed by atoms with van der Waals surface area (Å²) in [6.07, 6.45) is -1.49. The molecule has 2 aromatic rings. The molecule has 3 rings (SSSR count). The Bertz CT molecular complexity index is 1070. The molecule has 0 spiro atoms. The maximum atomic E-state index is 13.0. The molecule has 0 radical (unpaired) electrons. The quantitative estimate of drug-likeness (QED) is 0.269. The van der Waals surface area contributed by atoms with Crippen LogP contribution in [-0.2, 0) is 36.9 Å². The lowest BCUT2D eigenvalue weighted by molar-refractivity contribution is -0.132. The number of benzene rings is 2. The first-order chi connectivity index (χ1) is 17.1. The van der Waals surface area contributed by atoms with E-state index >= 15 is 0 Å². The zero-order valence-electron chi connectivity index (χ0n) is 20.3. The summed E-state index contributed by atoms with van der Waals surface area (Å²) < 4.78 is 5.27. The minimum absolute atomic E-state index is 0.0512. The van der Waals surface area contributed by atoms with Crippen molar-refractivity contribution in [2.75, 3.05) is 0 Å². The van der Waals surface area contributed by atoms with Gasteiger partial charge in [0, 0.05) is 13.0 Å². The van der Waals surface area contributed by atoms with Gasteiger partial charge in [0.2, 0.25) is 11.8 Å². The molecular weight excluding hydrogens is 464 g/mol. The molecule has 0 aliphatic carbocycles. The molecule has 192 valence electrons. The Labute approximate surface area is 209 Å². The van der Waals surface area contributed by atoms with Gasteiger partial charge in [0.1, 0.15) is 17.8 Å². The standard InChI is InChI=1S/C26H32N4O6/c1-15(2)12-20(24(33)29-19(23(27)32)13-16-8-10-18(31)11-9-16)30-26(35)22-21(36-22)25(34)28-14-17-6-4-3-5-7-17/h3-11,15,19-22,31H,12-14H2,1-2H3,(H2,27,32)(H,28,34)(H,29,33)(H,30,35)/t19-,20-,21+,22?/m0/s1. The first kappa shape index (κ1) is 26.7. The van der Waals surface area contributed by atoms with Crippen LogP contribution in [-0.4, -0.2) is 53.0 Å². The maximum absolute atomic E-state index is 13.0. The van der Waals surface area contributed by atoms with Crippen molar-refractivity contribution in [3.05, 3.63) is 65.7 Å². The summed E-state index contributed by atoms with van der Waals surface area (Å²) in [7, 11) is 0. The van der Waals surface area contributed by atoms with Crippen LogP contribution in [0.2, 0.25) is 0 Å². The molecule has 6 N–H and O–H groups in total. The number of aromatic hydroxyl groups is 1. The highest BCUT2D eigenvalue weighted by Crippen LogP contribution is 2.23. The van der Waals surface area contributed by atoms with E-state index in [9.17, 15) is 24.3 Å². The summed E-state index contributed by atoms with van der Waals surface area (Å²) in [6, 6.07) is 13.6. The summed E-state index contributed by atoms with van der Waals surface area (Å²) >= 11 is 0. The number of hydrogen-bond donors (Lipinski definition) is 5. The average molecular weight is 497 g/mol. The van der Waals surface area contributed by atoms with E-state index in [0.717, 1.165) is 5.56 Å². The van der Waals surface area contributed by atoms with E-state index in [1.54, 1.807) is 12.1 Å². The van der Waals surface area contributed by atoms with E-state index in [0.29, 0.717) is 18.5 Å². The summed E-state index contributed by atoms with van der Waals surface area (Å²) in [6.45, 7) is 4.09. The fraction of sp³-hybridized carbons (Fsp3) is 0.385. The number of carbonyl (C=O) groups excluding carboxylic acids is 4. The minimum atomic E-state index is -1.01. The van der Waals surface area contributed by atoms with Crippen LogP contribution in [0.3, 0.4) is 0 Å². The van der Waals surface area contributed by atoms with Crippen LogP contribution in [0.15, 0.2) is 54.6 Å². The molecule has 2 aromatic carbocycles. The number of ether oxygens (including phenoxy) is 1. The molecule has 1 saturated heterocycles. The van der Waals surface area contributed by atoms with E-state index in [-0.39, 0.29) is 18.1 Å². The first-order valence-corrected chi connectivity index (χ1v) is 11.8. The Morgan fingerprint density at radius 2 is 1.53 bits per heavy atom. The van der Waals surface area contributed by atoms with Crippen LogP contribution >= 0.6 is 0 Å². The number of nitrogens with two attached hydrogens (primary N) is 1. The number of phenols is 1. The Morgan fingerprint density at radius 1 is 0.889 bits per heavy atom. The number of primary amides is 1. The van der Waals surface area contributed by atoms with Gasteiger partial charge in [0.25, 0.3) is 11.8 Å². The Hall–Kier alpha value is -3.92. The van der Waals surface area contributed by atoms with Gasteiger partial charge in [-0.2, -0.15) is 0 Å². The van der Waals surface area contributed by atoms with Crippen molar-refractivity contribution in [3.63, 3.8) is 0 Å². The van der Waals surface area contributed by atoms with Gasteiger partial charge in [-0.3, -0.25) is 19.2 Å². The summed E-state index contributed by atoms with van der Waals surface area (Å²) in [4.78, 5) is 50.0. The van der Waals surface area contributed by atoms with Gasteiger partial charge in [-0.25, -0.2) is 0 Å². The third-order valence-corrected chi connectivity index (χ3v) is 5.69. The second-order valence-electron chi connectivity index (χ2n) is 9.21. The maximum Gasteiger partial charge on any atom is 0.253 e. The van der Waals surface area contributed by atoms with E-state index in [1.165, 1.54) is 12.1 Å². The van der Waals surface area contributed by atoms with Crippen LogP contribution in [0.1, 0.15) is 31.4 Å². The van der Waals surface area contributed by atoms with E-state index in [2.05, 4.69) is 16.0 Å². The Balaban J connectivity index is 1.56. The minimum Gasteiger partial charge on any atom is -0.508 e. The predicted molar refractivity (Wildman–Crippen MR) is 131 cm³/mol. The summed E-state index contributed by atoms with van der Waals surface area (Å²) in [5.41, 5.74) is 7.10. The molecule has 10 heteroatoms. The van der Waals surface area contributed by atoms with E-state index in [4.69, 9.17) is 10.5 Å². The van der Waals surface area contributed by atoms with Crippen LogP contribution in [0, 0.1) is 5.92 Å². The largest absolute Gasteiger partial charge is 0.508 e. The third kappa shape index (κ3) is 7.81. The van der Waals surface area contributed by atoms with E-state index in [1.807, 2.05) is 44.2 Å². The van der Waals surface area contributed by atoms with E-state index < -0.39 is 47.9 Å². The van der Waals surface area contributed by atoms with Crippen molar-refractivity contribution in [2.24, 2.45) is 11.7 Å². The zero-order valence-corrected chi connectivity index (χ0v) is 20.3. The lowest BCUT2D eigenvalue weighted by Crippen LogP contribution is -2.54. The van der Waals surface area contributed by atoms with Crippen molar-refractivity contribution in [1.29, 1.82) is 0 Å². The van der Waals surface area contributed by atoms with Gasteiger partial charge >= 0.3 is 0 Å². The highest BCUT2D eigenvalue weighted by Gasteiger charge is 2.51. The number of carbonyl (C=O) groups is 4. The van der Waals surface area contributed by atoms with Gasteiger partial charge < -0.3 is 31.5 Å². The number of amides is 4. The van der Waals surface area contributed by atoms with Gasteiger partial charge in [0.05, 0.1) is 0 Å². The summed E-state index contributed by atoms with van der Waals surface area (Å²) in [5, 5.41) is 17.4. The molecule has 36 heavy (non-hydrogen) atoms. The molecule has 4 amide bonds. The van der Waals surface area contributed by atoms with Crippen LogP contribution in [0.4, 0.5) is 0 Å². The van der Waals surface area contributed by atoms with Crippen LogP contribution in [0.25, 0.3) is 0 Å². The lowest BCUT2D eigenvalue weighted by atomic mass is 10.0. The number of hydrogen-bond acceptors (Lipinski definition) is 6. The molecule has 1 unspecified atom stereocenters. The molecule has 1 aliphatic rings. The fourth-order valence-electron chi connectivity index (χ4n) is 3.72. The normalized spacial score (nSPS) is 18.1. The molecule has 4 atom stereocenters. The zero-order chi connectivity index (χ0) is 26.2. The molecule has 0 bridgehead atoms. The second-order valence-corrected chi connectivity index (χ2v) is 9.21. The molecule has 0 aromatic heterocycles. The van der Waals surface area contributed by atoms with Crippen molar-refractivity contribution >= 4 is 23.6 Å². The molecule has 1 heterocycles.